The van der Waals surface area contributed by atoms with Gasteiger partial charge in [-0.25, -0.2) is 4.98 Å². The lowest BCUT2D eigenvalue weighted by atomic mass is 10.2. The van der Waals surface area contributed by atoms with E-state index in [2.05, 4.69) is 32.4 Å². The molecule has 0 radical (unpaired) electrons. The summed E-state index contributed by atoms with van der Waals surface area (Å²) in [7, 11) is 0. The third kappa shape index (κ3) is 2.15. The van der Waals surface area contributed by atoms with E-state index in [9.17, 15) is 0 Å². The first kappa shape index (κ1) is 11.7. The Balaban J connectivity index is 2.55. The molecule has 0 unspecified atom stereocenters. The van der Waals surface area contributed by atoms with Gasteiger partial charge in [0.05, 0.1) is 5.69 Å². The molecule has 2 rings (SSSR count). The Morgan fingerprint density at radius 3 is 2.94 bits per heavy atom. The SMILES string of the molecule is CCc1nccn1-c1ccc(Cl)cc1CBr. The van der Waals surface area contributed by atoms with Crippen LogP contribution in [0.2, 0.25) is 5.02 Å². The quantitative estimate of drug-likeness (QED) is 0.784. The van der Waals surface area contributed by atoms with Crippen molar-refractivity contribution in [1.82, 2.24) is 9.55 Å². The molecule has 1 aromatic carbocycles. The molecular weight excluding hydrogens is 288 g/mol. The van der Waals surface area contributed by atoms with Crippen molar-refractivity contribution in [2.45, 2.75) is 18.7 Å². The number of alkyl halides is 1. The summed E-state index contributed by atoms with van der Waals surface area (Å²) in [6.07, 6.45) is 4.72. The largest absolute Gasteiger partial charge is 0.303 e. The van der Waals surface area contributed by atoms with E-state index in [4.69, 9.17) is 11.6 Å². The first-order valence-corrected chi connectivity index (χ1v) is 6.63. The number of benzene rings is 1. The van der Waals surface area contributed by atoms with Gasteiger partial charge in [0.25, 0.3) is 0 Å². The van der Waals surface area contributed by atoms with Crippen LogP contribution in [0.5, 0.6) is 0 Å². The van der Waals surface area contributed by atoms with Crippen LogP contribution in [0.1, 0.15) is 18.3 Å². The number of nitrogens with zero attached hydrogens (tertiary/aromatic N) is 2. The molecule has 0 fully saturated rings. The molecule has 0 saturated heterocycles. The molecule has 0 N–H and O–H groups in total. The summed E-state index contributed by atoms with van der Waals surface area (Å²) in [5.41, 5.74) is 2.30. The van der Waals surface area contributed by atoms with Crippen LogP contribution in [0.25, 0.3) is 5.69 Å². The van der Waals surface area contributed by atoms with Crippen LogP contribution in [-0.4, -0.2) is 9.55 Å². The van der Waals surface area contributed by atoms with Crippen LogP contribution in [0.4, 0.5) is 0 Å². The van der Waals surface area contributed by atoms with Crippen molar-refractivity contribution in [2.75, 3.05) is 0 Å². The van der Waals surface area contributed by atoms with E-state index in [1.807, 2.05) is 30.6 Å². The fourth-order valence-corrected chi connectivity index (χ4v) is 2.36. The summed E-state index contributed by atoms with van der Waals surface area (Å²) in [4.78, 5) is 4.32. The highest BCUT2D eigenvalue weighted by Gasteiger charge is 2.07. The van der Waals surface area contributed by atoms with Crippen LogP contribution in [0.15, 0.2) is 30.6 Å². The Kier molecular flexibility index (Phi) is 3.66. The van der Waals surface area contributed by atoms with Gasteiger partial charge in [0.2, 0.25) is 0 Å². The molecule has 1 heterocycles. The zero-order valence-electron chi connectivity index (χ0n) is 8.95. The normalized spacial score (nSPS) is 10.7. The maximum Gasteiger partial charge on any atom is 0.112 e. The standard InChI is InChI=1S/C12H12BrClN2/c1-2-12-15-5-6-16(12)11-4-3-10(14)7-9(11)8-13/h3-7H,2,8H2,1H3. The minimum Gasteiger partial charge on any atom is -0.303 e. The summed E-state index contributed by atoms with van der Waals surface area (Å²) < 4.78 is 2.10. The van der Waals surface area contributed by atoms with E-state index in [1.54, 1.807) is 0 Å². The summed E-state index contributed by atoms with van der Waals surface area (Å²) in [5, 5.41) is 1.54. The van der Waals surface area contributed by atoms with E-state index in [-0.39, 0.29) is 0 Å². The predicted octanol–water partition coefficient (Wildman–Crippen LogP) is 3.98. The average Bonchev–Trinajstić information content (AvgIpc) is 2.76. The molecule has 0 aliphatic rings. The fraction of sp³-hybridized carbons (Fsp3) is 0.250. The van der Waals surface area contributed by atoms with Crippen molar-refractivity contribution in [3.63, 3.8) is 0 Å². The van der Waals surface area contributed by atoms with Gasteiger partial charge >= 0.3 is 0 Å². The second-order valence-corrected chi connectivity index (χ2v) is 4.47. The summed E-state index contributed by atoms with van der Waals surface area (Å²) >= 11 is 9.47. The predicted molar refractivity (Wildman–Crippen MR) is 70.6 cm³/mol. The highest BCUT2D eigenvalue weighted by molar-refractivity contribution is 9.08. The molecule has 2 nitrogen and oxygen atoms in total. The van der Waals surface area contributed by atoms with E-state index in [1.165, 1.54) is 5.56 Å². The maximum atomic E-state index is 5.98. The second kappa shape index (κ2) is 5.02. The highest BCUT2D eigenvalue weighted by atomic mass is 79.9. The van der Waals surface area contributed by atoms with Crippen molar-refractivity contribution in [3.8, 4) is 5.69 Å². The van der Waals surface area contributed by atoms with Gasteiger partial charge in [-0.15, -0.1) is 0 Å². The van der Waals surface area contributed by atoms with Gasteiger partial charge in [0.1, 0.15) is 5.82 Å². The molecule has 84 valence electrons. The van der Waals surface area contributed by atoms with E-state index >= 15 is 0 Å². The van der Waals surface area contributed by atoms with Crippen LogP contribution in [0.3, 0.4) is 0 Å². The van der Waals surface area contributed by atoms with Gasteiger partial charge in [0, 0.05) is 29.2 Å². The van der Waals surface area contributed by atoms with Crippen molar-refractivity contribution >= 4 is 27.5 Å². The van der Waals surface area contributed by atoms with Crippen molar-refractivity contribution < 1.29 is 0 Å². The number of hydrogen-bond donors (Lipinski definition) is 0. The number of hydrogen-bond acceptors (Lipinski definition) is 1. The van der Waals surface area contributed by atoms with Gasteiger partial charge in [-0.1, -0.05) is 34.5 Å². The molecule has 0 aliphatic heterocycles. The minimum absolute atomic E-state index is 0.761. The molecule has 0 amide bonds. The maximum absolute atomic E-state index is 5.98. The molecule has 0 saturated carbocycles. The Labute approximate surface area is 108 Å². The van der Waals surface area contributed by atoms with Crippen LogP contribution >= 0.6 is 27.5 Å². The number of rotatable bonds is 3. The third-order valence-corrected chi connectivity index (χ3v) is 3.32. The fourth-order valence-electron chi connectivity index (χ4n) is 1.71. The molecule has 0 aliphatic carbocycles. The van der Waals surface area contributed by atoms with Gasteiger partial charge in [0.15, 0.2) is 0 Å². The van der Waals surface area contributed by atoms with Crippen molar-refractivity contribution in [3.05, 3.63) is 47.0 Å². The van der Waals surface area contributed by atoms with Gasteiger partial charge < -0.3 is 4.57 Å². The molecule has 0 bridgehead atoms. The molecule has 0 atom stereocenters. The monoisotopic (exact) mass is 298 g/mol. The van der Waals surface area contributed by atoms with Crippen molar-refractivity contribution in [1.29, 1.82) is 0 Å². The number of aromatic nitrogens is 2. The molecule has 0 spiro atoms. The molecule has 16 heavy (non-hydrogen) atoms. The first-order valence-electron chi connectivity index (χ1n) is 5.13. The molecular formula is C12H12BrClN2. The molecule has 2 aromatic rings. The topological polar surface area (TPSA) is 17.8 Å². The number of aryl methyl sites for hydroxylation is 1. The number of halogens is 2. The van der Waals surface area contributed by atoms with E-state index < -0.39 is 0 Å². The zero-order chi connectivity index (χ0) is 11.5. The molecule has 1 aromatic heterocycles. The second-order valence-electron chi connectivity index (χ2n) is 3.47. The Morgan fingerprint density at radius 2 is 2.25 bits per heavy atom. The summed E-state index contributed by atoms with van der Waals surface area (Å²) in [6.45, 7) is 2.10. The van der Waals surface area contributed by atoms with Gasteiger partial charge in [-0.3, -0.25) is 0 Å². The Morgan fingerprint density at radius 1 is 1.44 bits per heavy atom. The summed E-state index contributed by atoms with van der Waals surface area (Å²) in [6, 6.07) is 5.91. The van der Waals surface area contributed by atoms with E-state index in [0.29, 0.717) is 0 Å². The van der Waals surface area contributed by atoms with Gasteiger partial charge in [-0.05, 0) is 23.8 Å². The lowest BCUT2D eigenvalue weighted by molar-refractivity contribution is 0.885. The average molecular weight is 300 g/mol. The molecule has 4 heteroatoms. The first-order chi connectivity index (χ1) is 7.76. The van der Waals surface area contributed by atoms with Crippen LogP contribution in [-0.2, 0) is 11.8 Å². The third-order valence-electron chi connectivity index (χ3n) is 2.48. The highest BCUT2D eigenvalue weighted by Crippen LogP contribution is 2.23. The Hall–Kier alpha value is -0.800. The van der Waals surface area contributed by atoms with Crippen molar-refractivity contribution in [2.24, 2.45) is 0 Å². The van der Waals surface area contributed by atoms with Crippen LogP contribution in [0, 0.1) is 0 Å². The number of imidazole rings is 1. The van der Waals surface area contributed by atoms with Crippen LogP contribution < -0.4 is 0 Å². The zero-order valence-corrected chi connectivity index (χ0v) is 11.3. The van der Waals surface area contributed by atoms with E-state index in [0.717, 1.165) is 28.3 Å². The van der Waals surface area contributed by atoms with Gasteiger partial charge in [-0.2, -0.15) is 0 Å². The smallest absolute Gasteiger partial charge is 0.112 e. The lowest BCUT2D eigenvalue weighted by Gasteiger charge is -2.11. The minimum atomic E-state index is 0.761. The summed E-state index contributed by atoms with van der Waals surface area (Å²) in [5.74, 6) is 1.06. The lowest BCUT2D eigenvalue weighted by Crippen LogP contribution is -2.02. The Bertz CT molecular complexity index is 494.